The van der Waals surface area contributed by atoms with Crippen molar-refractivity contribution < 1.29 is 27.9 Å². The topological polar surface area (TPSA) is 82.0 Å². The summed E-state index contributed by atoms with van der Waals surface area (Å²) < 4.78 is 40.3. The summed E-state index contributed by atoms with van der Waals surface area (Å²) in [7, 11) is 3.32. The average molecular weight is 618 g/mol. The third-order valence-electron chi connectivity index (χ3n) is 8.57. The number of aromatic nitrogens is 3. The van der Waals surface area contributed by atoms with E-state index in [-0.39, 0.29) is 30.6 Å². The first-order chi connectivity index (χ1) is 21.8. The van der Waals surface area contributed by atoms with E-state index < -0.39 is 17.7 Å². The van der Waals surface area contributed by atoms with E-state index in [1.807, 2.05) is 60.3 Å². The molecule has 11 heteroatoms. The van der Waals surface area contributed by atoms with Crippen molar-refractivity contribution in [2.75, 3.05) is 51.9 Å². The highest BCUT2D eigenvalue weighted by molar-refractivity contribution is 5.82. The van der Waals surface area contributed by atoms with Gasteiger partial charge in [-0.2, -0.15) is 10.2 Å². The second-order valence-corrected chi connectivity index (χ2v) is 11.6. The number of Topliss-reactive ketones (excluding diaryl/α,β-unsaturated/α-hetero) is 1. The molecule has 236 valence electrons. The number of anilines is 1. The Morgan fingerprint density at radius 3 is 2.51 bits per heavy atom. The van der Waals surface area contributed by atoms with Gasteiger partial charge in [-0.15, -0.1) is 0 Å². The van der Waals surface area contributed by atoms with Crippen LogP contribution < -0.4 is 4.90 Å². The molecule has 0 amide bonds. The van der Waals surface area contributed by atoms with Crippen LogP contribution in [0.4, 0.5) is 14.6 Å². The highest BCUT2D eigenvalue weighted by Crippen LogP contribution is 2.37. The Bertz CT molecular complexity index is 1630. The third-order valence-corrected chi connectivity index (χ3v) is 8.57. The molecule has 0 bridgehead atoms. The predicted octanol–water partition coefficient (Wildman–Crippen LogP) is 5.11. The number of pyridine rings is 1. The van der Waals surface area contributed by atoms with Gasteiger partial charge in [0, 0.05) is 70.9 Å². The first-order valence-electron chi connectivity index (χ1n) is 15.1. The fourth-order valence-corrected chi connectivity index (χ4v) is 6.01. The Hall–Kier alpha value is -4.03. The van der Waals surface area contributed by atoms with E-state index in [9.17, 15) is 13.6 Å². The van der Waals surface area contributed by atoms with Crippen LogP contribution in [0, 0.1) is 24.5 Å². The largest absolute Gasteiger partial charge is 0.383 e. The first kappa shape index (κ1) is 31.0. The summed E-state index contributed by atoms with van der Waals surface area (Å²) in [5, 5.41) is 6.70. The number of benzene rings is 2. The number of halogens is 2. The molecule has 0 saturated carbocycles. The van der Waals surface area contributed by atoms with E-state index in [1.165, 1.54) is 6.07 Å². The lowest BCUT2D eigenvalue weighted by molar-refractivity contribution is -0.155. The van der Waals surface area contributed by atoms with E-state index in [4.69, 9.17) is 19.4 Å². The van der Waals surface area contributed by atoms with Gasteiger partial charge in [0.15, 0.2) is 11.6 Å². The molecule has 2 aliphatic heterocycles. The number of hydrogen-bond donors (Lipinski definition) is 0. The molecule has 2 aromatic carbocycles. The number of ether oxygens (including phenoxy) is 2. The molecule has 0 aliphatic carbocycles. The lowest BCUT2D eigenvalue weighted by atomic mass is 9.90. The minimum atomic E-state index is -0.946. The molecule has 2 fully saturated rings. The highest BCUT2D eigenvalue weighted by atomic mass is 19.2. The van der Waals surface area contributed by atoms with Crippen LogP contribution in [0.25, 0.3) is 16.9 Å². The van der Waals surface area contributed by atoms with Crippen molar-refractivity contribution >= 4 is 11.6 Å². The Morgan fingerprint density at radius 1 is 1.02 bits per heavy atom. The van der Waals surface area contributed by atoms with Crippen LogP contribution in [0.5, 0.6) is 0 Å². The lowest BCUT2D eigenvalue weighted by Crippen LogP contribution is -2.52. The molecule has 2 atom stereocenters. The van der Waals surface area contributed by atoms with E-state index in [1.54, 1.807) is 19.3 Å². The average Bonchev–Trinajstić information content (AvgIpc) is 3.58. The minimum Gasteiger partial charge on any atom is -0.383 e. The van der Waals surface area contributed by atoms with Gasteiger partial charge in [-0.05, 0) is 54.4 Å². The minimum absolute atomic E-state index is 0.00420. The molecule has 2 saturated heterocycles. The van der Waals surface area contributed by atoms with E-state index in [2.05, 4.69) is 9.88 Å². The fraction of sp³-hybridized carbons (Fsp3) is 0.382. The summed E-state index contributed by atoms with van der Waals surface area (Å²) in [5.74, 6) is -1.25. The maximum atomic E-state index is 14.2. The quantitative estimate of drug-likeness (QED) is 0.217. The summed E-state index contributed by atoms with van der Waals surface area (Å²) in [5.41, 5.74) is 4.64. The number of carbonyl (C=O) groups is 1. The molecule has 6 rings (SSSR count). The number of hydrogen-bond acceptors (Lipinski definition) is 8. The second-order valence-electron chi connectivity index (χ2n) is 11.6. The number of rotatable bonds is 12. The third kappa shape index (κ3) is 6.67. The highest BCUT2D eigenvalue weighted by Gasteiger charge is 2.37. The summed E-state index contributed by atoms with van der Waals surface area (Å²) in [6, 6.07) is 17.5. The molecule has 2 aliphatic rings. The van der Waals surface area contributed by atoms with Crippen molar-refractivity contribution in [3.05, 3.63) is 95.3 Å². The second kappa shape index (κ2) is 13.5. The van der Waals surface area contributed by atoms with Gasteiger partial charge in [0.25, 0.3) is 0 Å². The monoisotopic (exact) mass is 617 g/mol. The predicted molar refractivity (Wildman–Crippen MR) is 165 cm³/mol. The molecule has 4 aromatic rings. The van der Waals surface area contributed by atoms with Crippen molar-refractivity contribution in [1.29, 1.82) is 0 Å². The van der Waals surface area contributed by atoms with E-state index in [0.717, 1.165) is 59.2 Å². The van der Waals surface area contributed by atoms with Crippen LogP contribution in [-0.4, -0.2) is 78.7 Å². The molecule has 45 heavy (non-hydrogen) atoms. The maximum absolute atomic E-state index is 14.2. The van der Waals surface area contributed by atoms with Gasteiger partial charge < -0.3 is 14.4 Å². The van der Waals surface area contributed by atoms with Gasteiger partial charge in [-0.25, -0.2) is 18.4 Å². The number of carbonyl (C=O) groups excluding carboxylic acids is 1. The number of methoxy groups -OCH3 is 2. The Labute approximate surface area is 261 Å². The SMILES string of the molecule is COCCN1C[C@@H](CC(=O)Cc2c(C)c(-c3ccc(N4CC(OC)C4)nc3)nn2-c2ccccc2)[C@H](c2ccc(F)c(F)c2)O1. The van der Waals surface area contributed by atoms with Crippen molar-refractivity contribution in [2.24, 2.45) is 5.92 Å². The Morgan fingerprint density at radius 2 is 1.82 bits per heavy atom. The Kier molecular flexibility index (Phi) is 9.32. The van der Waals surface area contributed by atoms with Gasteiger partial charge in [0.2, 0.25) is 0 Å². The molecule has 9 nitrogen and oxygen atoms in total. The molecule has 0 radical (unpaired) electrons. The van der Waals surface area contributed by atoms with Crippen LogP contribution in [0.3, 0.4) is 0 Å². The molecular formula is C34H37F2N5O4. The van der Waals surface area contributed by atoms with Crippen LogP contribution in [0.1, 0.15) is 29.3 Å². The maximum Gasteiger partial charge on any atom is 0.159 e. The van der Waals surface area contributed by atoms with Crippen molar-refractivity contribution in [2.45, 2.75) is 32.0 Å². The van der Waals surface area contributed by atoms with Crippen LogP contribution in [0.15, 0.2) is 66.9 Å². The van der Waals surface area contributed by atoms with Crippen molar-refractivity contribution in [3.8, 4) is 16.9 Å². The van der Waals surface area contributed by atoms with Crippen molar-refractivity contribution in [1.82, 2.24) is 19.8 Å². The van der Waals surface area contributed by atoms with Crippen LogP contribution >= 0.6 is 0 Å². The number of nitrogens with zero attached hydrogens (tertiary/aromatic N) is 5. The molecular weight excluding hydrogens is 580 g/mol. The summed E-state index contributed by atoms with van der Waals surface area (Å²) in [6.45, 7) is 4.98. The zero-order valence-electron chi connectivity index (χ0n) is 25.7. The summed E-state index contributed by atoms with van der Waals surface area (Å²) in [6.07, 6.45) is 1.79. The molecule has 0 spiro atoms. The van der Waals surface area contributed by atoms with Crippen molar-refractivity contribution in [3.63, 3.8) is 0 Å². The number of hydroxylamine groups is 2. The van der Waals surface area contributed by atoms with Gasteiger partial charge in [0.05, 0.1) is 29.8 Å². The summed E-state index contributed by atoms with van der Waals surface area (Å²) in [4.78, 5) is 26.7. The standard InChI is InChI=1S/C34H37F2N5O4/c1-22-31(17-27(42)15-25-19-40(13-14-43-2)45-34(25)23-9-11-29(35)30(36)16-23)41(26-7-5-4-6-8-26)38-33(22)24-10-12-32(37-18-24)39-20-28(21-39)44-3/h4-12,16,18,25,28,34H,13-15,17,19-21H2,1-3H3/t25-,34+/m1/s1. The van der Waals surface area contributed by atoms with Crippen LogP contribution in [-0.2, 0) is 25.5 Å². The molecule has 2 aromatic heterocycles. The molecule has 4 heterocycles. The van der Waals surface area contributed by atoms with Gasteiger partial charge in [-0.1, -0.05) is 24.3 Å². The van der Waals surface area contributed by atoms with E-state index >= 15 is 0 Å². The molecule has 0 N–H and O–H groups in total. The van der Waals surface area contributed by atoms with Gasteiger partial charge >= 0.3 is 0 Å². The van der Waals surface area contributed by atoms with Gasteiger partial charge in [0.1, 0.15) is 17.7 Å². The lowest BCUT2D eigenvalue weighted by Gasteiger charge is -2.38. The number of para-hydroxylation sites is 1. The fourth-order valence-electron chi connectivity index (χ4n) is 6.01. The zero-order chi connectivity index (χ0) is 31.5. The molecule has 0 unspecified atom stereocenters. The smallest absolute Gasteiger partial charge is 0.159 e. The number of ketones is 1. The first-order valence-corrected chi connectivity index (χ1v) is 15.1. The zero-order valence-corrected chi connectivity index (χ0v) is 25.7. The normalized spacial score (nSPS) is 18.8. The Balaban J connectivity index is 1.25. The summed E-state index contributed by atoms with van der Waals surface area (Å²) >= 11 is 0. The van der Waals surface area contributed by atoms with Gasteiger partial charge in [-0.3, -0.25) is 9.63 Å². The van der Waals surface area contributed by atoms with Crippen LogP contribution in [0.2, 0.25) is 0 Å². The van der Waals surface area contributed by atoms with E-state index in [0.29, 0.717) is 25.3 Å².